The molecule has 0 aliphatic rings. The Morgan fingerprint density at radius 2 is 1.75 bits per heavy atom. The second-order valence-corrected chi connectivity index (χ2v) is 4.76. The third-order valence-corrected chi connectivity index (χ3v) is 3.57. The molecular formula is C11H10Cl3NS. The summed E-state index contributed by atoms with van der Waals surface area (Å²) >= 11 is 13.8. The number of hydrogen-bond donors (Lipinski definition) is 1. The van der Waals surface area contributed by atoms with Crippen molar-refractivity contribution in [2.24, 2.45) is 5.73 Å². The summed E-state index contributed by atoms with van der Waals surface area (Å²) in [6.45, 7) is 0. The lowest BCUT2D eigenvalue weighted by Gasteiger charge is -2.13. The van der Waals surface area contributed by atoms with E-state index in [2.05, 4.69) is 0 Å². The molecule has 16 heavy (non-hydrogen) atoms. The topological polar surface area (TPSA) is 26.0 Å². The number of hydrogen-bond acceptors (Lipinski definition) is 2. The second kappa shape index (κ2) is 5.89. The van der Waals surface area contributed by atoms with Gasteiger partial charge in [-0.25, -0.2) is 0 Å². The summed E-state index contributed by atoms with van der Waals surface area (Å²) in [6.07, 6.45) is 0. The van der Waals surface area contributed by atoms with E-state index in [4.69, 9.17) is 28.9 Å². The molecule has 0 aliphatic carbocycles. The maximum atomic E-state index is 6.10. The highest BCUT2D eigenvalue weighted by Crippen LogP contribution is 2.33. The van der Waals surface area contributed by atoms with Crippen LogP contribution in [0.2, 0.25) is 10.0 Å². The van der Waals surface area contributed by atoms with E-state index in [9.17, 15) is 0 Å². The molecule has 1 aromatic carbocycles. The molecule has 2 aromatic rings. The van der Waals surface area contributed by atoms with Crippen molar-refractivity contribution >= 4 is 46.9 Å². The van der Waals surface area contributed by atoms with Gasteiger partial charge in [-0.15, -0.1) is 12.4 Å². The average Bonchev–Trinajstić information content (AvgIpc) is 2.69. The van der Waals surface area contributed by atoms with E-state index in [1.807, 2.05) is 22.9 Å². The molecule has 1 nitrogen and oxygen atoms in total. The number of nitrogens with two attached hydrogens (primary N) is 1. The smallest absolute Gasteiger partial charge is 0.0589 e. The predicted octanol–water partition coefficient (Wildman–Crippen LogP) is 4.52. The molecule has 0 saturated carbocycles. The van der Waals surface area contributed by atoms with Crippen LogP contribution in [0.5, 0.6) is 0 Å². The lowest BCUT2D eigenvalue weighted by molar-refractivity contribution is 0.877. The lowest BCUT2D eigenvalue weighted by atomic mass is 10.0. The van der Waals surface area contributed by atoms with Gasteiger partial charge in [0.15, 0.2) is 0 Å². The average molecular weight is 295 g/mol. The molecule has 0 bridgehead atoms. The Kier molecular flexibility index (Phi) is 5.09. The summed E-state index contributed by atoms with van der Waals surface area (Å²) < 4.78 is 0. The van der Waals surface area contributed by atoms with Gasteiger partial charge in [0, 0.05) is 15.6 Å². The highest BCUT2D eigenvalue weighted by molar-refractivity contribution is 7.08. The van der Waals surface area contributed by atoms with E-state index in [1.165, 1.54) is 0 Å². The molecule has 0 fully saturated rings. The zero-order chi connectivity index (χ0) is 10.8. The molecule has 5 heteroatoms. The molecule has 0 saturated heterocycles. The van der Waals surface area contributed by atoms with Crippen LogP contribution in [-0.4, -0.2) is 0 Å². The van der Waals surface area contributed by atoms with E-state index in [1.54, 1.807) is 23.5 Å². The SMILES string of the molecule is Cl.N[C@H](c1ccsc1)c1c(Cl)cccc1Cl. The number of thiophene rings is 1. The molecule has 1 atom stereocenters. The Bertz CT molecular complexity index is 436. The van der Waals surface area contributed by atoms with Crippen molar-refractivity contribution in [2.45, 2.75) is 6.04 Å². The predicted molar refractivity (Wildman–Crippen MR) is 74.1 cm³/mol. The number of halogens is 3. The summed E-state index contributed by atoms with van der Waals surface area (Å²) in [5, 5.41) is 5.21. The minimum Gasteiger partial charge on any atom is -0.320 e. The summed E-state index contributed by atoms with van der Waals surface area (Å²) in [4.78, 5) is 0. The van der Waals surface area contributed by atoms with Crippen molar-refractivity contribution in [1.29, 1.82) is 0 Å². The van der Waals surface area contributed by atoms with Gasteiger partial charge in [0.2, 0.25) is 0 Å². The fourth-order valence-corrected chi connectivity index (χ4v) is 2.76. The second-order valence-electron chi connectivity index (χ2n) is 3.17. The molecule has 0 aliphatic heterocycles. The molecule has 86 valence electrons. The normalized spacial score (nSPS) is 11.9. The Morgan fingerprint density at radius 1 is 1.12 bits per heavy atom. The highest BCUT2D eigenvalue weighted by Gasteiger charge is 2.15. The molecule has 0 radical (unpaired) electrons. The van der Waals surface area contributed by atoms with Crippen LogP contribution in [0.3, 0.4) is 0 Å². The molecule has 1 heterocycles. The van der Waals surface area contributed by atoms with Crippen LogP contribution >= 0.6 is 46.9 Å². The van der Waals surface area contributed by atoms with Gasteiger partial charge in [-0.2, -0.15) is 11.3 Å². The van der Waals surface area contributed by atoms with Gasteiger partial charge in [0.1, 0.15) is 0 Å². The fourth-order valence-electron chi connectivity index (χ4n) is 1.43. The third-order valence-electron chi connectivity index (χ3n) is 2.21. The zero-order valence-electron chi connectivity index (χ0n) is 8.19. The standard InChI is InChI=1S/C11H9Cl2NS.ClH/c12-8-2-1-3-9(13)10(8)11(14)7-4-5-15-6-7;/h1-6,11H,14H2;1H/t11-;/m1./s1. The van der Waals surface area contributed by atoms with Gasteiger partial charge >= 0.3 is 0 Å². The first-order valence-corrected chi connectivity index (χ1v) is 6.11. The Balaban J connectivity index is 0.00000128. The molecule has 2 rings (SSSR count). The van der Waals surface area contributed by atoms with Crippen LogP contribution in [0.4, 0.5) is 0 Å². The Labute approximate surface area is 115 Å². The summed E-state index contributed by atoms with van der Waals surface area (Å²) in [6, 6.07) is 7.14. The molecule has 1 aromatic heterocycles. The Hall–Kier alpha value is -0.250. The summed E-state index contributed by atoms with van der Waals surface area (Å²) in [5.41, 5.74) is 7.93. The molecule has 2 N–H and O–H groups in total. The van der Waals surface area contributed by atoms with Crippen LogP contribution in [0.1, 0.15) is 17.2 Å². The fraction of sp³-hybridized carbons (Fsp3) is 0.0909. The minimum absolute atomic E-state index is 0. The monoisotopic (exact) mass is 293 g/mol. The van der Waals surface area contributed by atoms with Crippen molar-refractivity contribution in [1.82, 2.24) is 0 Å². The van der Waals surface area contributed by atoms with E-state index in [0.717, 1.165) is 11.1 Å². The van der Waals surface area contributed by atoms with Gasteiger partial charge in [-0.3, -0.25) is 0 Å². The lowest BCUT2D eigenvalue weighted by Crippen LogP contribution is -2.11. The van der Waals surface area contributed by atoms with Crippen LogP contribution in [0, 0.1) is 0 Å². The van der Waals surface area contributed by atoms with E-state index >= 15 is 0 Å². The van der Waals surface area contributed by atoms with Gasteiger partial charge < -0.3 is 5.73 Å². The van der Waals surface area contributed by atoms with Crippen LogP contribution in [0.15, 0.2) is 35.0 Å². The molecule has 0 amide bonds. The number of benzene rings is 1. The first-order valence-electron chi connectivity index (χ1n) is 4.41. The Morgan fingerprint density at radius 3 is 2.25 bits per heavy atom. The van der Waals surface area contributed by atoms with Crippen LogP contribution < -0.4 is 5.73 Å². The first-order chi connectivity index (χ1) is 7.20. The van der Waals surface area contributed by atoms with Crippen LogP contribution in [0.25, 0.3) is 0 Å². The van der Waals surface area contributed by atoms with Gasteiger partial charge in [-0.1, -0.05) is 29.3 Å². The molecular weight excluding hydrogens is 285 g/mol. The quantitative estimate of drug-likeness (QED) is 0.865. The van der Waals surface area contributed by atoms with Crippen molar-refractivity contribution in [2.75, 3.05) is 0 Å². The van der Waals surface area contributed by atoms with E-state index < -0.39 is 0 Å². The molecule has 0 spiro atoms. The van der Waals surface area contributed by atoms with Gasteiger partial charge in [0.25, 0.3) is 0 Å². The zero-order valence-corrected chi connectivity index (χ0v) is 11.3. The largest absolute Gasteiger partial charge is 0.320 e. The minimum atomic E-state index is -0.252. The summed E-state index contributed by atoms with van der Waals surface area (Å²) in [5.74, 6) is 0. The highest BCUT2D eigenvalue weighted by atomic mass is 35.5. The molecule has 0 unspecified atom stereocenters. The van der Waals surface area contributed by atoms with Crippen LogP contribution in [-0.2, 0) is 0 Å². The number of rotatable bonds is 2. The maximum absolute atomic E-state index is 6.10. The summed E-state index contributed by atoms with van der Waals surface area (Å²) in [7, 11) is 0. The third kappa shape index (κ3) is 2.70. The first kappa shape index (κ1) is 13.8. The van der Waals surface area contributed by atoms with Gasteiger partial charge in [0.05, 0.1) is 6.04 Å². The van der Waals surface area contributed by atoms with Gasteiger partial charge in [-0.05, 0) is 34.5 Å². The van der Waals surface area contributed by atoms with Crippen molar-refractivity contribution < 1.29 is 0 Å². The van der Waals surface area contributed by atoms with E-state index in [-0.39, 0.29) is 18.4 Å². The maximum Gasteiger partial charge on any atom is 0.0589 e. The van der Waals surface area contributed by atoms with Crippen molar-refractivity contribution in [3.8, 4) is 0 Å². The van der Waals surface area contributed by atoms with Crippen molar-refractivity contribution in [3.63, 3.8) is 0 Å². The van der Waals surface area contributed by atoms with E-state index in [0.29, 0.717) is 10.0 Å². The van der Waals surface area contributed by atoms with Crippen molar-refractivity contribution in [3.05, 3.63) is 56.2 Å².